The largest absolute Gasteiger partial charge is 0.352 e. The molecule has 0 amide bonds. The third kappa shape index (κ3) is 1.72. The molecule has 1 saturated heterocycles. The Morgan fingerprint density at radius 3 is 2.90 bits per heavy atom. The number of anilines is 1. The quantitative estimate of drug-likeness (QED) is 0.799. The van der Waals surface area contributed by atoms with Gasteiger partial charge in [-0.3, -0.25) is 0 Å². The van der Waals surface area contributed by atoms with Crippen molar-refractivity contribution in [3.8, 4) is 0 Å². The zero-order valence-corrected chi connectivity index (χ0v) is 12.2. The predicted molar refractivity (Wildman–Crippen MR) is 77.8 cm³/mol. The van der Waals surface area contributed by atoms with Crippen LogP contribution in [0.1, 0.15) is 38.4 Å². The van der Waals surface area contributed by atoms with Crippen LogP contribution in [0.15, 0.2) is 12.1 Å². The van der Waals surface area contributed by atoms with E-state index in [1.807, 2.05) is 17.5 Å². The van der Waals surface area contributed by atoms with Crippen molar-refractivity contribution in [2.24, 2.45) is 11.8 Å². The molecular formula is C15H21N5. The minimum atomic E-state index is 0.681. The van der Waals surface area contributed by atoms with Crippen LogP contribution >= 0.6 is 0 Å². The van der Waals surface area contributed by atoms with Gasteiger partial charge in [0, 0.05) is 12.6 Å². The van der Waals surface area contributed by atoms with E-state index in [1.54, 1.807) is 0 Å². The Balaban J connectivity index is 1.73. The number of aryl methyl sites for hydroxylation is 1. The van der Waals surface area contributed by atoms with Crippen molar-refractivity contribution in [1.82, 2.24) is 19.8 Å². The Morgan fingerprint density at radius 1 is 1.15 bits per heavy atom. The Kier molecular flexibility index (Phi) is 2.69. The summed E-state index contributed by atoms with van der Waals surface area (Å²) >= 11 is 0. The zero-order chi connectivity index (χ0) is 13.7. The van der Waals surface area contributed by atoms with Gasteiger partial charge in [-0.05, 0) is 43.7 Å². The SMILES string of the molecule is Cc1nnc2ccc(N3CC(C)C4CCCCC43)nn12. The highest BCUT2D eigenvalue weighted by molar-refractivity contribution is 5.47. The minimum Gasteiger partial charge on any atom is -0.352 e. The third-order valence-electron chi connectivity index (χ3n) is 5.10. The van der Waals surface area contributed by atoms with Crippen molar-refractivity contribution in [3.63, 3.8) is 0 Å². The van der Waals surface area contributed by atoms with Crippen molar-refractivity contribution in [2.45, 2.75) is 45.6 Å². The lowest BCUT2D eigenvalue weighted by Gasteiger charge is -2.32. The molecule has 5 nitrogen and oxygen atoms in total. The third-order valence-corrected chi connectivity index (χ3v) is 5.10. The van der Waals surface area contributed by atoms with Crippen LogP contribution < -0.4 is 4.90 Å². The van der Waals surface area contributed by atoms with Gasteiger partial charge in [0.1, 0.15) is 5.82 Å². The van der Waals surface area contributed by atoms with E-state index in [0.717, 1.165) is 35.7 Å². The molecule has 3 unspecified atom stereocenters. The fraction of sp³-hybridized carbons (Fsp3) is 0.667. The Morgan fingerprint density at radius 2 is 2.00 bits per heavy atom. The number of fused-ring (bicyclic) bond motifs is 2. The molecule has 2 fully saturated rings. The summed E-state index contributed by atoms with van der Waals surface area (Å²) in [4.78, 5) is 2.52. The number of aromatic nitrogens is 4. The highest BCUT2D eigenvalue weighted by atomic mass is 15.4. The van der Waals surface area contributed by atoms with Crippen LogP contribution in [0.2, 0.25) is 0 Å². The van der Waals surface area contributed by atoms with Crippen molar-refractivity contribution in [1.29, 1.82) is 0 Å². The first kappa shape index (κ1) is 12.1. The Bertz CT molecular complexity index is 634. The summed E-state index contributed by atoms with van der Waals surface area (Å²) in [6.45, 7) is 5.48. The maximum Gasteiger partial charge on any atom is 0.178 e. The molecular weight excluding hydrogens is 250 g/mol. The molecule has 1 aliphatic heterocycles. The van der Waals surface area contributed by atoms with Crippen LogP contribution in [-0.2, 0) is 0 Å². The van der Waals surface area contributed by atoms with Gasteiger partial charge in [-0.25, -0.2) is 0 Å². The van der Waals surface area contributed by atoms with E-state index in [9.17, 15) is 0 Å². The van der Waals surface area contributed by atoms with Gasteiger partial charge < -0.3 is 4.90 Å². The Labute approximate surface area is 119 Å². The smallest absolute Gasteiger partial charge is 0.178 e. The van der Waals surface area contributed by atoms with Gasteiger partial charge in [0.05, 0.1) is 0 Å². The lowest BCUT2D eigenvalue weighted by molar-refractivity contribution is 0.293. The monoisotopic (exact) mass is 271 g/mol. The molecule has 0 spiro atoms. The molecule has 0 radical (unpaired) electrons. The summed E-state index contributed by atoms with van der Waals surface area (Å²) < 4.78 is 1.86. The summed E-state index contributed by atoms with van der Waals surface area (Å²) in [5.74, 6) is 3.57. The maximum atomic E-state index is 4.76. The second kappa shape index (κ2) is 4.43. The number of hydrogen-bond donors (Lipinski definition) is 0. The van der Waals surface area contributed by atoms with Crippen LogP contribution in [0.3, 0.4) is 0 Å². The average Bonchev–Trinajstić information content (AvgIpc) is 3.01. The topological polar surface area (TPSA) is 46.3 Å². The van der Waals surface area contributed by atoms with Gasteiger partial charge in [-0.15, -0.1) is 15.3 Å². The normalized spacial score (nSPS) is 29.9. The number of hydrogen-bond acceptors (Lipinski definition) is 4. The summed E-state index contributed by atoms with van der Waals surface area (Å²) in [5, 5.41) is 13.0. The van der Waals surface area contributed by atoms with Gasteiger partial charge in [0.15, 0.2) is 11.5 Å². The molecule has 106 valence electrons. The molecule has 0 bridgehead atoms. The average molecular weight is 271 g/mol. The molecule has 5 heteroatoms. The fourth-order valence-electron chi connectivity index (χ4n) is 4.07. The molecule has 4 rings (SSSR count). The first-order valence-electron chi connectivity index (χ1n) is 7.70. The number of rotatable bonds is 1. The molecule has 3 heterocycles. The summed E-state index contributed by atoms with van der Waals surface area (Å²) in [7, 11) is 0. The molecule has 20 heavy (non-hydrogen) atoms. The van der Waals surface area contributed by atoms with E-state index < -0.39 is 0 Å². The molecule has 1 aliphatic carbocycles. The molecule has 0 aromatic carbocycles. The summed E-state index contributed by atoms with van der Waals surface area (Å²) in [5.41, 5.74) is 0.832. The van der Waals surface area contributed by atoms with Crippen LogP contribution in [0.25, 0.3) is 5.65 Å². The molecule has 1 saturated carbocycles. The first-order chi connectivity index (χ1) is 9.74. The summed E-state index contributed by atoms with van der Waals surface area (Å²) in [6, 6.07) is 4.82. The van der Waals surface area contributed by atoms with E-state index in [0.29, 0.717) is 6.04 Å². The van der Waals surface area contributed by atoms with E-state index in [4.69, 9.17) is 5.10 Å². The maximum absolute atomic E-state index is 4.76. The van der Waals surface area contributed by atoms with Gasteiger partial charge in [0.2, 0.25) is 0 Å². The van der Waals surface area contributed by atoms with Crippen LogP contribution in [0, 0.1) is 18.8 Å². The van der Waals surface area contributed by atoms with Gasteiger partial charge in [-0.2, -0.15) is 4.52 Å². The van der Waals surface area contributed by atoms with Crippen LogP contribution in [0.4, 0.5) is 5.82 Å². The second-order valence-corrected chi connectivity index (χ2v) is 6.35. The highest BCUT2D eigenvalue weighted by Gasteiger charge is 2.41. The van der Waals surface area contributed by atoms with Gasteiger partial charge >= 0.3 is 0 Å². The van der Waals surface area contributed by atoms with Crippen molar-refractivity contribution in [3.05, 3.63) is 18.0 Å². The highest BCUT2D eigenvalue weighted by Crippen LogP contribution is 2.41. The number of nitrogens with zero attached hydrogens (tertiary/aromatic N) is 5. The van der Waals surface area contributed by atoms with E-state index >= 15 is 0 Å². The van der Waals surface area contributed by atoms with E-state index in [2.05, 4.69) is 28.1 Å². The fourth-order valence-corrected chi connectivity index (χ4v) is 4.07. The second-order valence-electron chi connectivity index (χ2n) is 6.35. The minimum absolute atomic E-state index is 0.681. The van der Waals surface area contributed by atoms with Crippen LogP contribution in [-0.4, -0.2) is 32.4 Å². The van der Waals surface area contributed by atoms with Crippen LogP contribution in [0.5, 0.6) is 0 Å². The lowest BCUT2D eigenvalue weighted by Crippen LogP contribution is -2.35. The predicted octanol–water partition coefficient (Wildman–Crippen LogP) is 2.45. The standard InChI is InChI=1S/C15H21N5/c1-10-9-19(13-6-4-3-5-12(10)13)15-8-7-14-17-16-11(2)20(14)18-15/h7-8,10,12-13H,3-6,9H2,1-2H3. The molecule has 0 N–H and O–H groups in total. The summed E-state index contributed by atoms with van der Waals surface area (Å²) in [6.07, 6.45) is 5.46. The molecule has 2 aromatic heterocycles. The van der Waals surface area contributed by atoms with Crippen molar-refractivity contribution < 1.29 is 0 Å². The zero-order valence-electron chi connectivity index (χ0n) is 12.2. The van der Waals surface area contributed by atoms with Gasteiger partial charge in [0.25, 0.3) is 0 Å². The van der Waals surface area contributed by atoms with E-state index in [-0.39, 0.29) is 0 Å². The molecule has 2 aromatic rings. The van der Waals surface area contributed by atoms with Crippen molar-refractivity contribution in [2.75, 3.05) is 11.4 Å². The van der Waals surface area contributed by atoms with E-state index in [1.165, 1.54) is 25.7 Å². The first-order valence-corrected chi connectivity index (χ1v) is 7.70. The molecule has 2 aliphatic rings. The lowest BCUT2D eigenvalue weighted by atomic mass is 9.80. The van der Waals surface area contributed by atoms with Crippen molar-refractivity contribution >= 4 is 11.5 Å². The van der Waals surface area contributed by atoms with Gasteiger partial charge in [-0.1, -0.05) is 19.8 Å². The Hall–Kier alpha value is -1.65. The molecule has 3 atom stereocenters.